The number of nitrogens with zero attached hydrogens (tertiary/aromatic N) is 5. The van der Waals surface area contributed by atoms with Gasteiger partial charge >= 0.3 is 0 Å². The Hall–Kier alpha value is -3.58. The SMILES string of the molecule is Cc1cccc(-c2n[nH]nc2-c2cccnc2-c2ccc(OCCN3CCCC3)cc2)n1. The maximum atomic E-state index is 5.95. The molecule has 0 amide bonds. The molecule has 7 nitrogen and oxygen atoms in total. The topological polar surface area (TPSA) is 79.8 Å². The van der Waals surface area contributed by atoms with Crippen molar-refractivity contribution in [2.24, 2.45) is 0 Å². The molecule has 0 radical (unpaired) electrons. The second kappa shape index (κ2) is 9.28. The second-order valence-corrected chi connectivity index (χ2v) is 8.01. The lowest BCUT2D eigenvalue weighted by molar-refractivity contribution is 0.238. The van der Waals surface area contributed by atoms with E-state index in [1.54, 1.807) is 6.20 Å². The minimum atomic E-state index is 0.708. The van der Waals surface area contributed by atoms with Crippen LogP contribution >= 0.6 is 0 Å². The van der Waals surface area contributed by atoms with E-state index in [2.05, 4.69) is 30.3 Å². The number of pyridine rings is 2. The third-order valence-electron chi connectivity index (χ3n) is 5.74. The van der Waals surface area contributed by atoms with Crippen LogP contribution < -0.4 is 4.74 Å². The number of aromatic nitrogens is 5. The Bertz CT molecular complexity index is 1180. The van der Waals surface area contributed by atoms with Gasteiger partial charge in [0.25, 0.3) is 0 Å². The van der Waals surface area contributed by atoms with E-state index >= 15 is 0 Å². The maximum absolute atomic E-state index is 5.95. The van der Waals surface area contributed by atoms with Crippen LogP contribution in [0.4, 0.5) is 0 Å². The van der Waals surface area contributed by atoms with Crippen LogP contribution in [-0.2, 0) is 0 Å². The molecule has 0 unspecified atom stereocenters. The molecule has 5 rings (SSSR count). The van der Waals surface area contributed by atoms with Crippen molar-refractivity contribution >= 4 is 0 Å². The van der Waals surface area contributed by atoms with Crippen molar-refractivity contribution < 1.29 is 4.74 Å². The summed E-state index contributed by atoms with van der Waals surface area (Å²) in [7, 11) is 0. The highest BCUT2D eigenvalue weighted by molar-refractivity contribution is 5.85. The van der Waals surface area contributed by atoms with Crippen molar-refractivity contribution in [3.8, 4) is 39.7 Å². The summed E-state index contributed by atoms with van der Waals surface area (Å²) in [6.07, 6.45) is 4.40. The van der Waals surface area contributed by atoms with Gasteiger partial charge in [-0.1, -0.05) is 6.07 Å². The van der Waals surface area contributed by atoms with Crippen LogP contribution in [0.5, 0.6) is 5.75 Å². The monoisotopic (exact) mass is 426 g/mol. The van der Waals surface area contributed by atoms with E-state index in [0.717, 1.165) is 46.2 Å². The molecule has 0 bridgehead atoms. The van der Waals surface area contributed by atoms with E-state index in [1.165, 1.54) is 25.9 Å². The molecule has 1 saturated heterocycles. The summed E-state index contributed by atoms with van der Waals surface area (Å²) < 4.78 is 5.95. The van der Waals surface area contributed by atoms with Crippen LogP contribution in [0.15, 0.2) is 60.8 Å². The van der Waals surface area contributed by atoms with Crippen LogP contribution in [0.1, 0.15) is 18.5 Å². The summed E-state index contributed by atoms with van der Waals surface area (Å²) in [5.74, 6) is 0.872. The van der Waals surface area contributed by atoms with Gasteiger partial charge < -0.3 is 4.74 Å². The number of benzene rings is 1. The lowest BCUT2D eigenvalue weighted by Gasteiger charge is -2.15. The van der Waals surface area contributed by atoms with Gasteiger partial charge in [-0.3, -0.25) is 14.9 Å². The van der Waals surface area contributed by atoms with Gasteiger partial charge in [-0.15, -0.1) is 0 Å². The first kappa shape index (κ1) is 20.3. The van der Waals surface area contributed by atoms with Gasteiger partial charge in [-0.2, -0.15) is 15.4 Å². The van der Waals surface area contributed by atoms with Crippen molar-refractivity contribution in [3.05, 3.63) is 66.5 Å². The molecular formula is C25H26N6O. The van der Waals surface area contributed by atoms with E-state index in [0.29, 0.717) is 12.3 Å². The molecule has 4 aromatic rings. The lowest BCUT2D eigenvalue weighted by atomic mass is 10.0. The Balaban J connectivity index is 1.38. The number of hydrogen-bond acceptors (Lipinski definition) is 6. The quantitative estimate of drug-likeness (QED) is 0.472. The number of aromatic amines is 1. The summed E-state index contributed by atoms with van der Waals surface area (Å²) in [6, 6.07) is 17.9. The maximum Gasteiger partial charge on any atom is 0.139 e. The number of nitrogens with one attached hydrogen (secondary N) is 1. The number of likely N-dealkylation sites (tertiary alicyclic amines) is 1. The zero-order valence-corrected chi connectivity index (χ0v) is 18.2. The second-order valence-electron chi connectivity index (χ2n) is 8.01. The van der Waals surface area contributed by atoms with Crippen LogP contribution in [0.2, 0.25) is 0 Å². The zero-order chi connectivity index (χ0) is 21.8. The summed E-state index contributed by atoms with van der Waals surface area (Å²) in [4.78, 5) is 11.7. The lowest BCUT2D eigenvalue weighted by Crippen LogP contribution is -2.25. The molecule has 1 fully saturated rings. The first-order valence-electron chi connectivity index (χ1n) is 11.0. The molecule has 162 valence electrons. The molecule has 4 heterocycles. The Morgan fingerprint density at radius 1 is 0.906 bits per heavy atom. The first-order chi connectivity index (χ1) is 15.8. The molecule has 3 aromatic heterocycles. The fraction of sp³-hybridized carbons (Fsp3) is 0.280. The van der Waals surface area contributed by atoms with Gasteiger partial charge in [0.1, 0.15) is 23.7 Å². The molecule has 7 heteroatoms. The van der Waals surface area contributed by atoms with Crippen LogP contribution in [0.25, 0.3) is 33.9 Å². The largest absolute Gasteiger partial charge is 0.492 e. The van der Waals surface area contributed by atoms with Crippen molar-refractivity contribution in [2.75, 3.05) is 26.2 Å². The van der Waals surface area contributed by atoms with Gasteiger partial charge in [0.05, 0.1) is 11.4 Å². The predicted molar refractivity (Wildman–Crippen MR) is 124 cm³/mol. The molecule has 32 heavy (non-hydrogen) atoms. The zero-order valence-electron chi connectivity index (χ0n) is 18.2. The fourth-order valence-corrected chi connectivity index (χ4v) is 4.11. The summed E-state index contributed by atoms with van der Waals surface area (Å²) in [6.45, 7) is 6.03. The standard InChI is InChI=1S/C25H26N6O/c1-18-6-4-8-22(27-18)25-24(28-30-29-25)21-7-5-13-26-23(21)19-9-11-20(12-10-19)32-17-16-31-14-2-3-15-31/h4-13H,2-3,14-17H2,1H3,(H,28,29,30). The molecule has 0 spiro atoms. The highest BCUT2D eigenvalue weighted by atomic mass is 16.5. The number of ether oxygens (including phenoxy) is 1. The van der Waals surface area contributed by atoms with E-state index in [9.17, 15) is 0 Å². The first-order valence-corrected chi connectivity index (χ1v) is 11.0. The molecule has 0 atom stereocenters. The number of hydrogen-bond donors (Lipinski definition) is 1. The fourth-order valence-electron chi connectivity index (χ4n) is 4.11. The van der Waals surface area contributed by atoms with Crippen molar-refractivity contribution in [2.45, 2.75) is 19.8 Å². The molecule has 0 saturated carbocycles. The summed E-state index contributed by atoms with van der Waals surface area (Å²) in [5, 5.41) is 11.6. The smallest absolute Gasteiger partial charge is 0.139 e. The van der Waals surface area contributed by atoms with E-state index in [1.807, 2.05) is 61.5 Å². The van der Waals surface area contributed by atoms with Crippen molar-refractivity contribution in [1.29, 1.82) is 0 Å². The molecule has 1 aliphatic rings. The van der Waals surface area contributed by atoms with Gasteiger partial charge in [-0.05, 0) is 81.4 Å². The Morgan fingerprint density at radius 3 is 2.53 bits per heavy atom. The normalized spacial score (nSPS) is 14.0. The van der Waals surface area contributed by atoms with Crippen LogP contribution in [-0.4, -0.2) is 56.5 Å². The number of rotatable bonds is 7. The Labute approximate surface area is 187 Å². The van der Waals surface area contributed by atoms with E-state index < -0.39 is 0 Å². The highest BCUT2D eigenvalue weighted by Crippen LogP contribution is 2.34. The minimum absolute atomic E-state index is 0.708. The van der Waals surface area contributed by atoms with Gasteiger partial charge in [-0.25, -0.2) is 0 Å². The molecule has 1 aromatic carbocycles. The summed E-state index contributed by atoms with van der Waals surface area (Å²) in [5.41, 5.74) is 5.91. The third kappa shape index (κ3) is 4.38. The Kier molecular flexibility index (Phi) is 5.89. The van der Waals surface area contributed by atoms with Gasteiger partial charge in [0.2, 0.25) is 0 Å². The highest BCUT2D eigenvalue weighted by Gasteiger charge is 2.18. The molecule has 0 aliphatic carbocycles. The van der Waals surface area contributed by atoms with Gasteiger partial charge in [0.15, 0.2) is 0 Å². The average Bonchev–Trinajstić information content (AvgIpc) is 3.52. The average molecular weight is 427 g/mol. The minimum Gasteiger partial charge on any atom is -0.492 e. The van der Waals surface area contributed by atoms with Crippen LogP contribution in [0.3, 0.4) is 0 Å². The van der Waals surface area contributed by atoms with E-state index in [4.69, 9.17) is 4.74 Å². The third-order valence-corrected chi connectivity index (χ3v) is 5.74. The van der Waals surface area contributed by atoms with Crippen molar-refractivity contribution in [1.82, 2.24) is 30.3 Å². The molecule has 1 N–H and O–H groups in total. The van der Waals surface area contributed by atoms with Gasteiger partial charge in [0, 0.05) is 29.6 Å². The van der Waals surface area contributed by atoms with Crippen molar-refractivity contribution in [3.63, 3.8) is 0 Å². The predicted octanol–water partition coefficient (Wildman–Crippen LogP) is 4.38. The molecular weight excluding hydrogens is 400 g/mol. The van der Waals surface area contributed by atoms with Crippen LogP contribution in [0, 0.1) is 6.92 Å². The Morgan fingerprint density at radius 2 is 1.72 bits per heavy atom. The summed E-state index contributed by atoms with van der Waals surface area (Å²) >= 11 is 0. The number of aryl methyl sites for hydroxylation is 1. The van der Waals surface area contributed by atoms with E-state index in [-0.39, 0.29) is 0 Å². The molecule has 1 aliphatic heterocycles. The number of H-pyrrole nitrogens is 1.